The Labute approximate surface area is 132 Å². The molecule has 0 radical (unpaired) electrons. The summed E-state index contributed by atoms with van der Waals surface area (Å²) in [6, 6.07) is 8.08. The van der Waals surface area contributed by atoms with Gasteiger partial charge < -0.3 is 10.1 Å². The van der Waals surface area contributed by atoms with Gasteiger partial charge in [0.1, 0.15) is 5.92 Å². The van der Waals surface area contributed by atoms with Crippen LogP contribution in [0.5, 0.6) is 0 Å². The van der Waals surface area contributed by atoms with Gasteiger partial charge in [-0.2, -0.15) is 0 Å². The van der Waals surface area contributed by atoms with Gasteiger partial charge in [0.05, 0.1) is 12.3 Å². The molecule has 1 aromatic carbocycles. The van der Waals surface area contributed by atoms with Crippen molar-refractivity contribution in [2.45, 2.75) is 45.4 Å². The first kappa shape index (κ1) is 15.3. The Hall–Kier alpha value is -1.64. The lowest BCUT2D eigenvalue weighted by molar-refractivity contribution is -0.148. The van der Waals surface area contributed by atoms with Crippen molar-refractivity contribution in [2.75, 3.05) is 6.61 Å². The molecule has 22 heavy (non-hydrogen) atoms. The summed E-state index contributed by atoms with van der Waals surface area (Å²) in [7, 11) is 0. The van der Waals surface area contributed by atoms with Crippen molar-refractivity contribution in [1.82, 2.24) is 0 Å². The Morgan fingerprint density at radius 2 is 1.95 bits per heavy atom. The number of nitrogens with one attached hydrogen (secondary N) is 1. The quantitative estimate of drug-likeness (QED) is 0.858. The molecule has 0 amide bonds. The van der Waals surface area contributed by atoms with Gasteiger partial charge in [-0.15, -0.1) is 0 Å². The van der Waals surface area contributed by atoms with Crippen molar-refractivity contribution < 1.29 is 9.53 Å². The fourth-order valence-electron chi connectivity index (χ4n) is 4.24. The van der Waals surface area contributed by atoms with Crippen molar-refractivity contribution in [3.05, 3.63) is 35.4 Å². The number of ether oxygens (including phenoxy) is 1. The molecule has 1 N–H and O–H groups in total. The van der Waals surface area contributed by atoms with Crippen molar-refractivity contribution in [3.63, 3.8) is 0 Å². The second kappa shape index (κ2) is 6.64. The molecule has 1 aromatic rings. The molecule has 0 heterocycles. The molecule has 118 valence electrons. The molecule has 0 saturated heterocycles. The highest BCUT2D eigenvalue weighted by molar-refractivity contribution is 6.12. The minimum absolute atomic E-state index is 0.197. The molecule has 3 heteroatoms. The van der Waals surface area contributed by atoms with Crippen LogP contribution in [-0.2, 0) is 16.0 Å². The van der Waals surface area contributed by atoms with E-state index in [2.05, 4.69) is 6.07 Å². The minimum Gasteiger partial charge on any atom is -0.465 e. The summed E-state index contributed by atoms with van der Waals surface area (Å²) >= 11 is 0. The highest BCUT2D eigenvalue weighted by Crippen LogP contribution is 2.41. The summed E-state index contributed by atoms with van der Waals surface area (Å²) in [5.74, 6) is 0.217. The van der Waals surface area contributed by atoms with Gasteiger partial charge in [-0.25, -0.2) is 0 Å². The lowest BCUT2D eigenvalue weighted by atomic mass is 9.65. The number of benzene rings is 1. The molecule has 0 aliphatic heterocycles. The largest absolute Gasteiger partial charge is 0.465 e. The maximum Gasteiger partial charge on any atom is 0.315 e. The Bertz CT molecular complexity index is 560. The van der Waals surface area contributed by atoms with Gasteiger partial charge in [-0.1, -0.05) is 56.4 Å². The van der Waals surface area contributed by atoms with Crippen LogP contribution in [0.2, 0.25) is 0 Å². The van der Waals surface area contributed by atoms with Crippen LogP contribution in [0.4, 0.5) is 0 Å². The first-order valence-corrected chi connectivity index (χ1v) is 8.55. The molecule has 2 atom stereocenters. The highest BCUT2D eigenvalue weighted by atomic mass is 16.5. The average molecular weight is 299 g/mol. The predicted octanol–water partition coefficient (Wildman–Crippen LogP) is 3.99. The Balaban J connectivity index is 1.94. The van der Waals surface area contributed by atoms with Crippen molar-refractivity contribution in [3.8, 4) is 0 Å². The fourth-order valence-corrected chi connectivity index (χ4v) is 4.24. The number of fused-ring (bicyclic) bond motifs is 1. The SMILES string of the molecule is CCOC(=O)[C@@H]1C(=N)c2ccccc2C[C@H]1C1CCCCC1. The normalized spacial score (nSPS) is 25.6. The number of carbonyl (C=O) groups is 1. The van der Waals surface area contributed by atoms with Crippen molar-refractivity contribution >= 4 is 11.7 Å². The molecular formula is C19H25NO2. The minimum atomic E-state index is -0.377. The number of carbonyl (C=O) groups excluding carboxylic acids is 1. The molecule has 3 rings (SSSR count). The number of hydrogen-bond acceptors (Lipinski definition) is 3. The van der Waals surface area contributed by atoms with E-state index in [0.717, 1.165) is 12.0 Å². The van der Waals surface area contributed by atoms with Crippen LogP contribution in [-0.4, -0.2) is 18.3 Å². The van der Waals surface area contributed by atoms with Crippen molar-refractivity contribution in [1.29, 1.82) is 5.41 Å². The third-order valence-electron chi connectivity index (χ3n) is 5.30. The lowest BCUT2D eigenvalue weighted by Crippen LogP contribution is -2.42. The van der Waals surface area contributed by atoms with E-state index in [0.29, 0.717) is 18.2 Å². The molecule has 0 aromatic heterocycles. The zero-order valence-corrected chi connectivity index (χ0v) is 13.3. The average Bonchev–Trinajstić information content (AvgIpc) is 2.55. The Kier molecular flexibility index (Phi) is 4.60. The summed E-state index contributed by atoms with van der Waals surface area (Å²) in [5.41, 5.74) is 2.63. The molecule has 2 aliphatic rings. The van der Waals surface area contributed by atoms with Gasteiger partial charge in [0, 0.05) is 0 Å². The zero-order valence-electron chi connectivity index (χ0n) is 13.3. The standard InChI is InChI=1S/C19H25NO2/c1-2-22-19(21)17-16(13-8-4-3-5-9-13)12-14-10-6-7-11-15(14)18(17)20/h6-7,10-11,13,16-17,20H,2-5,8-9,12H2,1H3/t16-,17-/m0/s1. The van der Waals surface area contributed by atoms with Gasteiger partial charge in [-0.3, -0.25) is 4.79 Å². The molecule has 1 fully saturated rings. The van der Waals surface area contributed by atoms with Crippen LogP contribution in [0.15, 0.2) is 24.3 Å². The highest BCUT2D eigenvalue weighted by Gasteiger charge is 2.42. The second-order valence-electron chi connectivity index (χ2n) is 6.57. The first-order valence-electron chi connectivity index (χ1n) is 8.55. The summed E-state index contributed by atoms with van der Waals surface area (Å²) in [4.78, 5) is 12.5. The number of esters is 1. The van der Waals surface area contributed by atoms with Gasteiger partial charge in [0.15, 0.2) is 0 Å². The molecule has 0 unspecified atom stereocenters. The monoisotopic (exact) mass is 299 g/mol. The van der Waals surface area contributed by atoms with Gasteiger partial charge in [-0.05, 0) is 36.3 Å². The summed E-state index contributed by atoms with van der Waals surface area (Å²) in [5, 5.41) is 8.58. The van der Waals surface area contributed by atoms with E-state index in [1.165, 1.54) is 37.7 Å². The van der Waals surface area contributed by atoms with E-state index in [-0.39, 0.29) is 17.8 Å². The molecule has 2 aliphatic carbocycles. The van der Waals surface area contributed by atoms with Crippen LogP contribution < -0.4 is 0 Å². The molecule has 1 saturated carbocycles. The lowest BCUT2D eigenvalue weighted by Gasteiger charge is -2.38. The fraction of sp³-hybridized carbons (Fsp3) is 0.579. The van der Waals surface area contributed by atoms with Crippen LogP contribution in [0.25, 0.3) is 0 Å². The van der Waals surface area contributed by atoms with Crippen LogP contribution in [0, 0.1) is 23.2 Å². The van der Waals surface area contributed by atoms with E-state index < -0.39 is 0 Å². The van der Waals surface area contributed by atoms with Crippen molar-refractivity contribution in [2.24, 2.45) is 17.8 Å². The molecule has 0 spiro atoms. The topological polar surface area (TPSA) is 50.2 Å². The van der Waals surface area contributed by atoms with Crippen LogP contribution in [0.1, 0.15) is 50.2 Å². The third-order valence-corrected chi connectivity index (χ3v) is 5.30. The predicted molar refractivity (Wildman–Crippen MR) is 87.2 cm³/mol. The molecular weight excluding hydrogens is 274 g/mol. The zero-order chi connectivity index (χ0) is 15.5. The second-order valence-corrected chi connectivity index (χ2v) is 6.57. The maximum atomic E-state index is 12.5. The summed E-state index contributed by atoms with van der Waals surface area (Å²) in [6.45, 7) is 2.23. The van der Waals surface area contributed by atoms with E-state index in [1.807, 2.05) is 25.1 Å². The summed E-state index contributed by atoms with van der Waals surface area (Å²) < 4.78 is 5.31. The van der Waals surface area contributed by atoms with E-state index >= 15 is 0 Å². The number of hydrogen-bond donors (Lipinski definition) is 1. The Morgan fingerprint density at radius 1 is 1.23 bits per heavy atom. The number of rotatable bonds is 3. The van der Waals surface area contributed by atoms with E-state index in [1.54, 1.807) is 0 Å². The maximum absolute atomic E-state index is 12.5. The molecule has 3 nitrogen and oxygen atoms in total. The summed E-state index contributed by atoms with van der Waals surface area (Å²) in [6.07, 6.45) is 7.11. The molecule has 0 bridgehead atoms. The van der Waals surface area contributed by atoms with E-state index in [4.69, 9.17) is 10.1 Å². The van der Waals surface area contributed by atoms with Crippen LogP contribution >= 0.6 is 0 Å². The third kappa shape index (κ3) is 2.81. The van der Waals surface area contributed by atoms with Gasteiger partial charge in [0.25, 0.3) is 0 Å². The van der Waals surface area contributed by atoms with Gasteiger partial charge >= 0.3 is 5.97 Å². The first-order chi connectivity index (χ1) is 10.7. The van der Waals surface area contributed by atoms with Gasteiger partial charge in [0.2, 0.25) is 0 Å². The van der Waals surface area contributed by atoms with E-state index in [9.17, 15) is 4.79 Å². The smallest absolute Gasteiger partial charge is 0.315 e. The Morgan fingerprint density at radius 3 is 2.68 bits per heavy atom. The van der Waals surface area contributed by atoms with Crippen LogP contribution in [0.3, 0.4) is 0 Å².